The van der Waals surface area contributed by atoms with Gasteiger partial charge < -0.3 is 26.5 Å². The molecule has 3 aromatic carbocycles. The SMILES string of the molecule is CC(C=CC1=C(C2(C)OCCO2)CCC1(C)C)=CC[P+](c1ccccc1)(c1ccccc1)c1ccccc1.[Br-]. The van der Waals surface area contributed by atoms with E-state index in [0.29, 0.717) is 13.2 Å². The van der Waals surface area contributed by atoms with Crippen molar-refractivity contribution >= 4 is 23.2 Å². The lowest BCUT2D eigenvalue weighted by Crippen LogP contribution is -3.00. The van der Waals surface area contributed by atoms with Crippen LogP contribution in [0, 0.1) is 5.41 Å². The molecule has 1 aliphatic carbocycles. The van der Waals surface area contributed by atoms with Gasteiger partial charge in [0.25, 0.3) is 0 Å². The van der Waals surface area contributed by atoms with Crippen molar-refractivity contribution in [3.8, 4) is 0 Å². The topological polar surface area (TPSA) is 18.5 Å². The fourth-order valence-electron chi connectivity index (χ4n) is 5.98. The smallest absolute Gasteiger partial charge is 0.188 e. The Morgan fingerprint density at radius 3 is 1.69 bits per heavy atom. The summed E-state index contributed by atoms with van der Waals surface area (Å²) >= 11 is 0. The molecule has 0 bridgehead atoms. The van der Waals surface area contributed by atoms with Gasteiger partial charge in [0.2, 0.25) is 0 Å². The monoisotopic (exact) mass is 602 g/mol. The van der Waals surface area contributed by atoms with E-state index in [9.17, 15) is 0 Å². The van der Waals surface area contributed by atoms with Crippen LogP contribution >= 0.6 is 7.26 Å². The second-order valence-electron chi connectivity index (χ2n) is 11.2. The first-order chi connectivity index (χ1) is 18.4. The molecule has 0 amide bonds. The minimum Gasteiger partial charge on any atom is -1.00 e. The molecule has 2 aliphatic rings. The van der Waals surface area contributed by atoms with Gasteiger partial charge in [-0.25, -0.2) is 0 Å². The number of ether oxygens (including phenoxy) is 2. The van der Waals surface area contributed by atoms with Crippen molar-refractivity contribution < 1.29 is 26.5 Å². The van der Waals surface area contributed by atoms with E-state index in [1.807, 2.05) is 0 Å². The van der Waals surface area contributed by atoms with Crippen LogP contribution in [0.5, 0.6) is 0 Å². The van der Waals surface area contributed by atoms with E-state index < -0.39 is 13.0 Å². The number of hydrogen-bond donors (Lipinski definition) is 0. The van der Waals surface area contributed by atoms with Crippen LogP contribution in [-0.4, -0.2) is 25.2 Å². The van der Waals surface area contributed by atoms with Gasteiger partial charge in [-0.1, -0.05) is 86.2 Å². The Morgan fingerprint density at radius 2 is 1.23 bits per heavy atom. The summed E-state index contributed by atoms with van der Waals surface area (Å²) in [5.74, 6) is -0.584. The molecule has 204 valence electrons. The van der Waals surface area contributed by atoms with Crippen LogP contribution in [0.1, 0.15) is 40.5 Å². The van der Waals surface area contributed by atoms with Gasteiger partial charge in [0.15, 0.2) is 5.79 Å². The zero-order valence-corrected chi connectivity index (χ0v) is 26.0. The van der Waals surface area contributed by atoms with Gasteiger partial charge in [-0.2, -0.15) is 0 Å². The highest BCUT2D eigenvalue weighted by atomic mass is 79.9. The van der Waals surface area contributed by atoms with Crippen LogP contribution in [0.2, 0.25) is 0 Å². The van der Waals surface area contributed by atoms with E-state index in [2.05, 4.69) is 137 Å². The zero-order valence-electron chi connectivity index (χ0n) is 23.6. The molecule has 0 atom stereocenters. The lowest BCUT2D eigenvalue weighted by Gasteiger charge is -2.27. The molecule has 0 saturated carbocycles. The molecule has 1 aliphatic heterocycles. The average Bonchev–Trinajstić information content (AvgIpc) is 3.52. The summed E-state index contributed by atoms with van der Waals surface area (Å²) < 4.78 is 12.1. The largest absolute Gasteiger partial charge is 1.00 e. The zero-order chi connectivity index (χ0) is 26.6. The van der Waals surface area contributed by atoms with Gasteiger partial charge >= 0.3 is 0 Å². The van der Waals surface area contributed by atoms with Crippen LogP contribution in [0.3, 0.4) is 0 Å². The van der Waals surface area contributed by atoms with Crippen molar-refractivity contribution in [1.82, 2.24) is 0 Å². The fraction of sp³-hybridized carbons (Fsp3) is 0.314. The first-order valence-electron chi connectivity index (χ1n) is 13.8. The number of halogens is 1. The minimum absolute atomic E-state index is 0. The lowest BCUT2D eigenvalue weighted by atomic mass is 9.84. The van der Waals surface area contributed by atoms with Crippen molar-refractivity contribution in [2.45, 2.75) is 46.3 Å². The highest BCUT2D eigenvalue weighted by molar-refractivity contribution is 7.95. The third kappa shape index (κ3) is 6.08. The normalized spacial score (nSPS) is 18.9. The van der Waals surface area contributed by atoms with Crippen LogP contribution in [0.25, 0.3) is 0 Å². The number of benzene rings is 3. The van der Waals surface area contributed by atoms with Gasteiger partial charge in [-0.3, -0.25) is 0 Å². The van der Waals surface area contributed by atoms with Crippen molar-refractivity contribution in [2.24, 2.45) is 5.41 Å². The minimum atomic E-state index is -1.88. The van der Waals surface area contributed by atoms with Crippen LogP contribution in [-0.2, 0) is 9.47 Å². The number of allylic oxidation sites excluding steroid dienone is 5. The van der Waals surface area contributed by atoms with E-state index in [0.717, 1.165) is 19.0 Å². The van der Waals surface area contributed by atoms with E-state index in [1.54, 1.807) is 0 Å². The molecule has 0 radical (unpaired) electrons. The number of hydrogen-bond acceptors (Lipinski definition) is 2. The number of rotatable bonds is 8. The summed E-state index contributed by atoms with van der Waals surface area (Å²) in [6, 6.07) is 33.3. The van der Waals surface area contributed by atoms with Crippen molar-refractivity contribution in [2.75, 3.05) is 19.4 Å². The first-order valence-corrected chi connectivity index (χ1v) is 15.7. The highest BCUT2D eigenvalue weighted by Crippen LogP contribution is 2.55. The maximum absolute atomic E-state index is 6.07. The molecule has 0 aromatic heterocycles. The van der Waals surface area contributed by atoms with Gasteiger partial charge in [-0.15, -0.1) is 0 Å². The lowest BCUT2D eigenvalue weighted by molar-refractivity contribution is -0.111. The molecule has 0 spiro atoms. The molecule has 5 rings (SSSR count). The summed E-state index contributed by atoms with van der Waals surface area (Å²) in [6.07, 6.45) is 10.2. The molecular formula is C35H40BrO2P. The van der Waals surface area contributed by atoms with Crippen LogP contribution in [0.4, 0.5) is 0 Å². The Morgan fingerprint density at radius 1 is 0.769 bits per heavy atom. The Labute approximate surface area is 245 Å². The molecule has 4 heteroatoms. The third-order valence-corrected chi connectivity index (χ3v) is 12.5. The van der Waals surface area contributed by atoms with E-state index in [4.69, 9.17) is 9.47 Å². The van der Waals surface area contributed by atoms with Gasteiger partial charge in [0.05, 0.1) is 19.4 Å². The second kappa shape index (κ2) is 12.5. The van der Waals surface area contributed by atoms with E-state index in [-0.39, 0.29) is 22.4 Å². The summed E-state index contributed by atoms with van der Waals surface area (Å²) in [5, 5.41) is 4.24. The molecule has 1 saturated heterocycles. The molecule has 1 fully saturated rings. The molecule has 0 unspecified atom stereocenters. The standard InChI is InChI=1S/C35H40O2P.BrH/c1-28(20-21-32-33(22-24-34(32,2)3)35(4)36-25-26-37-35)23-27-38(29-14-8-5-9-15-29,30-16-10-6-11-17-30)31-18-12-7-13-19-31;/h5-21,23H,22,24-27H2,1-4H3;1H/q+1;/p-1. The summed E-state index contributed by atoms with van der Waals surface area (Å²) in [6.45, 7) is 10.3. The molecule has 3 aromatic rings. The summed E-state index contributed by atoms with van der Waals surface area (Å²) in [4.78, 5) is 0. The average molecular weight is 604 g/mol. The van der Waals surface area contributed by atoms with Gasteiger partial charge in [-0.05, 0) is 85.7 Å². The Hall–Kier alpha value is -2.29. The Bertz CT molecular complexity index is 1220. The van der Waals surface area contributed by atoms with E-state index in [1.165, 1.54) is 32.6 Å². The van der Waals surface area contributed by atoms with Crippen molar-refractivity contribution in [1.29, 1.82) is 0 Å². The maximum Gasteiger partial charge on any atom is 0.188 e. The van der Waals surface area contributed by atoms with Crippen LogP contribution in [0.15, 0.2) is 126 Å². The molecule has 0 N–H and O–H groups in total. The van der Waals surface area contributed by atoms with Gasteiger partial charge in [0, 0.05) is 0 Å². The highest BCUT2D eigenvalue weighted by Gasteiger charge is 2.45. The first kappa shape index (κ1) is 29.7. The Balaban J connectivity index is 0.00000353. The summed E-state index contributed by atoms with van der Waals surface area (Å²) in [7, 11) is -1.88. The predicted molar refractivity (Wildman–Crippen MR) is 163 cm³/mol. The molecular weight excluding hydrogens is 563 g/mol. The second-order valence-corrected chi connectivity index (χ2v) is 14.7. The van der Waals surface area contributed by atoms with E-state index >= 15 is 0 Å². The summed E-state index contributed by atoms with van der Waals surface area (Å²) in [5.41, 5.74) is 4.07. The maximum atomic E-state index is 6.07. The van der Waals surface area contributed by atoms with Gasteiger partial charge in [0.1, 0.15) is 23.2 Å². The molecule has 1 heterocycles. The molecule has 39 heavy (non-hydrogen) atoms. The van der Waals surface area contributed by atoms with Crippen molar-refractivity contribution in [3.05, 3.63) is 126 Å². The quantitative estimate of drug-likeness (QED) is 0.282. The van der Waals surface area contributed by atoms with Crippen LogP contribution < -0.4 is 32.9 Å². The fourth-order valence-corrected chi connectivity index (χ4v) is 10.1. The predicted octanol–water partition coefficient (Wildman–Crippen LogP) is 4.37. The Kier molecular flexibility index (Phi) is 9.50. The molecule has 2 nitrogen and oxygen atoms in total. The van der Waals surface area contributed by atoms with Crippen molar-refractivity contribution in [3.63, 3.8) is 0 Å². The third-order valence-electron chi connectivity index (χ3n) is 8.23.